The quantitative estimate of drug-likeness (QED) is 0.556. The second-order valence-electron chi connectivity index (χ2n) is 5.97. The van der Waals surface area contributed by atoms with Crippen molar-refractivity contribution in [2.45, 2.75) is 84.0 Å². The van der Waals surface area contributed by atoms with Crippen molar-refractivity contribution in [3.05, 3.63) is 0 Å². The number of hydrogen-bond acceptors (Lipinski definition) is 1. The number of unbranched alkanes of at least 4 members (excludes halogenated alkanes) is 4. The average molecular weight is 254 g/mol. The molecule has 0 aromatic heterocycles. The minimum atomic E-state index is -0.566. The van der Waals surface area contributed by atoms with Crippen LogP contribution in [0.1, 0.15) is 84.0 Å². The van der Waals surface area contributed by atoms with Crippen molar-refractivity contribution < 1.29 is 9.90 Å². The first-order valence-corrected chi connectivity index (χ1v) is 7.96. The van der Waals surface area contributed by atoms with E-state index in [-0.39, 0.29) is 5.92 Å². The van der Waals surface area contributed by atoms with Crippen molar-refractivity contribution in [2.24, 2.45) is 11.8 Å². The molecule has 0 bridgehead atoms. The fourth-order valence-corrected chi connectivity index (χ4v) is 3.12. The smallest absolute Gasteiger partial charge is 0.306 e. The van der Waals surface area contributed by atoms with Gasteiger partial charge in [-0.1, -0.05) is 64.7 Å². The largest absolute Gasteiger partial charge is 0.481 e. The van der Waals surface area contributed by atoms with Gasteiger partial charge < -0.3 is 5.11 Å². The van der Waals surface area contributed by atoms with Gasteiger partial charge in [-0.15, -0.1) is 0 Å². The third kappa shape index (κ3) is 6.42. The fourth-order valence-electron chi connectivity index (χ4n) is 3.12. The first kappa shape index (κ1) is 15.5. The summed E-state index contributed by atoms with van der Waals surface area (Å²) in [5, 5.41) is 9.25. The lowest BCUT2D eigenvalue weighted by Crippen LogP contribution is -2.14. The molecule has 1 atom stereocenters. The second-order valence-corrected chi connectivity index (χ2v) is 5.97. The highest BCUT2D eigenvalue weighted by molar-refractivity contribution is 5.69. The van der Waals surface area contributed by atoms with Gasteiger partial charge in [0.05, 0.1) is 5.92 Å². The lowest BCUT2D eigenvalue weighted by molar-refractivity contribution is -0.142. The van der Waals surface area contributed by atoms with Gasteiger partial charge >= 0.3 is 5.97 Å². The molecule has 1 aliphatic carbocycles. The first-order valence-electron chi connectivity index (χ1n) is 7.96. The van der Waals surface area contributed by atoms with Gasteiger partial charge in [0.25, 0.3) is 0 Å². The number of hydrogen-bond donors (Lipinski definition) is 1. The minimum absolute atomic E-state index is 0.0766. The third-order valence-corrected chi connectivity index (χ3v) is 4.40. The second kappa shape index (κ2) is 9.41. The van der Waals surface area contributed by atoms with Crippen LogP contribution in [0.4, 0.5) is 0 Å². The van der Waals surface area contributed by atoms with Crippen LogP contribution < -0.4 is 0 Å². The molecule has 1 N–H and O–H groups in total. The van der Waals surface area contributed by atoms with Crippen LogP contribution in [0.2, 0.25) is 0 Å². The number of aliphatic carboxylic acids is 1. The standard InChI is InChI=1S/C16H30O2/c1-2-3-4-5-6-11-15(16(17)18)13-12-14-9-7-8-10-14/h14-15H,2-13H2,1H3,(H,17,18). The topological polar surface area (TPSA) is 37.3 Å². The summed E-state index contributed by atoms with van der Waals surface area (Å²) >= 11 is 0. The van der Waals surface area contributed by atoms with Crippen molar-refractivity contribution in [2.75, 3.05) is 0 Å². The Morgan fingerprint density at radius 2 is 1.78 bits per heavy atom. The summed E-state index contributed by atoms with van der Waals surface area (Å²) < 4.78 is 0. The van der Waals surface area contributed by atoms with Crippen molar-refractivity contribution in [1.82, 2.24) is 0 Å². The lowest BCUT2D eigenvalue weighted by atomic mass is 9.91. The van der Waals surface area contributed by atoms with Gasteiger partial charge in [0.1, 0.15) is 0 Å². The van der Waals surface area contributed by atoms with Crippen LogP contribution in [-0.4, -0.2) is 11.1 Å². The van der Waals surface area contributed by atoms with Gasteiger partial charge in [0.2, 0.25) is 0 Å². The molecular formula is C16H30O2. The summed E-state index contributed by atoms with van der Waals surface area (Å²) in [4.78, 5) is 11.2. The van der Waals surface area contributed by atoms with E-state index < -0.39 is 5.97 Å². The zero-order valence-corrected chi connectivity index (χ0v) is 12.0. The molecule has 1 unspecified atom stereocenters. The molecule has 106 valence electrons. The SMILES string of the molecule is CCCCCCCC(CCC1CCCC1)C(=O)O. The van der Waals surface area contributed by atoms with Gasteiger partial charge in [-0.2, -0.15) is 0 Å². The summed E-state index contributed by atoms with van der Waals surface area (Å²) in [5.41, 5.74) is 0. The predicted octanol–water partition coefficient (Wildman–Crippen LogP) is 5.02. The molecule has 1 saturated carbocycles. The van der Waals surface area contributed by atoms with Crippen molar-refractivity contribution >= 4 is 5.97 Å². The zero-order valence-electron chi connectivity index (χ0n) is 12.0. The molecule has 0 amide bonds. The number of rotatable bonds is 10. The molecule has 0 radical (unpaired) electrons. The van der Waals surface area contributed by atoms with Crippen molar-refractivity contribution in [1.29, 1.82) is 0 Å². The van der Waals surface area contributed by atoms with Gasteiger partial charge in [-0.05, 0) is 25.2 Å². The summed E-state index contributed by atoms with van der Waals surface area (Å²) in [6, 6.07) is 0. The van der Waals surface area contributed by atoms with E-state index in [1.807, 2.05) is 0 Å². The van der Waals surface area contributed by atoms with Gasteiger partial charge in [-0.3, -0.25) is 4.79 Å². The highest BCUT2D eigenvalue weighted by Gasteiger charge is 2.21. The first-order chi connectivity index (χ1) is 8.74. The molecule has 2 heteroatoms. The molecule has 0 aromatic carbocycles. The summed E-state index contributed by atoms with van der Waals surface area (Å²) in [6.07, 6.45) is 14.5. The maximum atomic E-state index is 11.2. The van der Waals surface area contributed by atoms with E-state index in [1.165, 1.54) is 51.4 Å². The minimum Gasteiger partial charge on any atom is -0.481 e. The zero-order chi connectivity index (χ0) is 13.2. The normalized spacial score (nSPS) is 18.1. The fraction of sp³-hybridized carbons (Fsp3) is 0.938. The van der Waals surface area contributed by atoms with Crippen LogP contribution in [-0.2, 0) is 4.79 Å². The number of carboxylic acids is 1. The van der Waals surface area contributed by atoms with Crippen LogP contribution in [0.15, 0.2) is 0 Å². The Bertz CT molecular complexity index is 219. The molecule has 0 saturated heterocycles. The van der Waals surface area contributed by atoms with E-state index in [0.29, 0.717) is 0 Å². The van der Waals surface area contributed by atoms with Crippen LogP contribution in [0.5, 0.6) is 0 Å². The highest BCUT2D eigenvalue weighted by atomic mass is 16.4. The molecule has 1 aliphatic rings. The molecule has 0 aromatic rings. The van der Waals surface area contributed by atoms with Crippen molar-refractivity contribution in [3.63, 3.8) is 0 Å². The van der Waals surface area contributed by atoms with Crippen LogP contribution >= 0.6 is 0 Å². The highest BCUT2D eigenvalue weighted by Crippen LogP contribution is 2.30. The van der Waals surface area contributed by atoms with E-state index in [4.69, 9.17) is 0 Å². The molecule has 1 fully saturated rings. The van der Waals surface area contributed by atoms with Crippen LogP contribution in [0, 0.1) is 11.8 Å². The molecule has 0 spiro atoms. The molecule has 18 heavy (non-hydrogen) atoms. The van der Waals surface area contributed by atoms with Gasteiger partial charge in [0.15, 0.2) is 0 Å². The Hall–Kier alpha value is -0.530. The Labute approximate surface area is 112 Å². The lowest BCUT2D eigenvalue weighted by Gasteiger charge is -2.15. The third-order valence-electron chi connectivity index (χ3n) is 4.40. The van der Waals surface area contributed by atoms with Crippen molar-refractivity contribution in [3.8, 4) is 0 Å². The Morgan fingerprint density at radius 3 is 2.39 bits per heavy atom. The predicted molar refractivity (Wildman–Crippen MR) is 75.7 cm³/mol. The Kier molecular flexibility index (Phi) is 8.11. The van der Waals surface area contributed by atoms with E-state index in [1.54, 1.807) is 0 Å². The number of carboxylic acid groups (broad SMARTS) is 1. The number of carbonyl (C=O) groups is 1. The average Bonchev–Trinajstić information content (AvgIpc) is 2.85. The molecular weight excluding hydrogens is 224 g/mol. The van der Waals surface area contributed by atoms with E-state index in [9.17, 15) is 9.90 Å². The van der Waals surface area contributed by atoms with Gasteiger partial charge in [0, 0.05) is 0 Å². The Morgan fingerprint density at radius 1 is 1.11 bits per heavy atom. The summed E-state index contributed by atoms with van der Waals surface area (Å²) in [7, 11) is 0. The van der Waals surface area contributed by atoms with E-state index >= 15 is 0 Å². The van der Waals surface area contributed by atoms with E-state index in [2.05, 4.69) is 6.92 Å². The molecule has 2 nitrogen and oxygen atoms in total. The Balaban J connectivity index is 2.12. The summed E-state index contributed by atoms with van der Waals surface area (Å²) in [5.74, 6) is 0.183. The van der Waals surface area contributed by atoms with Crippen LogP contribution in [0.3, 0.4) is 0 Å². The maximum absolute atomic E-state index is 11.2. The molecule has 0 heterocycles. The van der Waals surface area contributed by atoms with E-state index in [0.717, 1.165) is 31.6 Å². The maximum Gasteiger partial charge on any atom is 0.306 e. The van der Waals surface area contributed by atoms with Crippen LogP contribution in [0.25, 0.3) is 0 Å². The summed E-state index contributed by atoms with van der Waals surface area (Å²) in [6.45, 7) is 2.21. The van der Waals surface area contributed by atoms with Gasteiger partial charge in [-0.25, -0.2) is 0 Å². The molecule has 0 aliphatic heterocycles. The molecule has 1 rings (SSSR count). The monoisotopic (exact) mass is 254 g/mol.